The van der Waals surface area contributed by atoms with E-state index < -0.39 is 0 Å². The second-order valence-corrected chi connectivity index (χ2v) is 4.01. The Kier molecular flexibility index (Phi) is 1.92. The van der Waals surface area contributed by atoms with Gasteiger partial charge in [-0.05, 0) is 12.1 Å². The molecule has 0 saturated carbocycles. The Morgan fingerprint density at radius 3 is 2.65 bits per heavy atom. The zero-order valence-corrected chi connectivity index (χ0v) is 9.23. The number of aryl methyl sites for hydroxylation is 1. The van der Waals surface area contributed by atoms with Crippen LogP contribution in [0.25, 0.3) is 21.8 Å². The number of H-pyrrole nitrogens is 1. The molecule has 0 unspecified atom stereocenters. The van der Waals surface area contributed by atoms with Gasteiger partial charge in [0.25, 0.3) is 5.56 Å². The maximum Gasteiger partial charge on any atom is 0.256 e. The fourth-order valence-electron chi connectivity index (χ4n) is 2.23. The van der Waals surface area contributed by atoms with E-state index in [-0.39, 0.29) is 5.56 Å². The maximum absolute atomic E-state index is 11.8. The van der Waals surface area contributed by atoms with Crippen LogP contribution < -0.4 is 5.56 Å². The smallest absolute Gasteiger partial charge is 0.256 e. The number of pyridine rings is 1. The van der Waals surface area contributed by atoms with Crippen LogP contribution in [0.3, 0.4) is 0 Å². The number of carbonyl (C=O) groups excluding carboxylic acids is 1. The molecule has 0 aliphatic carbocycles. The van der Waals surface area contributed by atoms with Crippen molar-refractivity contribution in [2.24, 2.45) is 7.05 Å². The molecular formula is C13H10N2O2. The molecular weight excluding hydrogens is 216 g/mol. The Balaban J connectivity index is 2.67. The summed E-state index contributed by atoms with van der Waals surface area (Å²) in [6.07, 6.45) is 0.785. The molecule has 0 radical (unpaired) electrons. The minimum Gasteiger partial charge on any atom is -0.340 e. The van der Waals surface area contributed by atoms with Crippen molar-refractivity contribution in [3.05, 3.63) is 46.4 Å². The molecule has 0 fully saturated rings. The van der Waals surface area contributed by atoms with Crippen LogP contribution in [0.4, 0.5) is 0 Å². The molecule has 0 saturated heterocycles. The van der Waals surface area contributed by atoms with Gasteiger partial charge in [0, 0.05) is 17.8 Å². The first-order valence-electron chi connectivity index (χ1n) is 5.28. The topological polar surface area (TPSA) is 54.9 Å². The second-order valence-electron chi connectivity index (χ2n) is 4.01. The van der Waals surface area contributed by atoms with Gasteiger partial charge in [-0.2, -0.15) is 0 Å². The minimum atomic E-state index is -0.129. The normalized spacial score (nSPS) is 11.1. The largest absolute Gasteiger partial charge is 0.340 e. The number of hydrogen-bond acceptors (Lipinski definition) is 2. The summed E-state index contributed by atoms with van der Waals surface area (Å²) in [4.78, 5) is 25.5. The number of benzene rings is 1. The Hall–Kier alpha value is -2.36. The van der Waals surface area contributed by atoms with Crippen LogP contribution in [-0.4, -0.2) is 15.8 Å². The molecule has 4 heteroatoms. The number of nitrogens with one attached hydrogen (secondary N) is 1. The molecule has 2 heterocycles. The van der Waals surface area contributed by atoms with Gasteiger partial charge in [-0.15, -0.1) is 0 Å². The van der Waals surface area contributed by atoms with Crippen LogP contribution >= 0.6 is 0 Å². The Labute approximate surface area is 96.5 Å². The van der Waals surface area contributed by atoms with Crippen molar-refractivity contribution >= 4 is 28.1 Å². The lowest BCUT2D eigenvalue weighted by Crippen LogP contribution is -2.06. The van der Waals surface area contributed by atoms with Crippen LogP contribution in [0.5, 0.6) is 0 Å². The molecule has 0 atom stereocenters. The summed E-state index contributed by atoms with van der Waals surface area (Å²) < 4.78 is 1.79. The van der Waals surface area contributed by atoms with Gasteiger partial charge in [0.1, 0.15) is 0 Å². The number of aromatic amines is 1. The number of aromatic nitrogens is 2. The third kappa shape index (κ3) is 1.24. The van der Waals surface area contributed by atoms with Crippen molar-refractivity contribution in [3.63, 3.8) is 0 Å². The summed E-state index contributed by atoms with van der Waals surface area (Å²) in [6, 6.07) is 9.07. The summed E-state index contributed by atoms with van der Waals surface area (Å²) in [7, 11) is 1.82. The lowest BCUT2D eigenvalue weighted by Gasteiger charge is -2.02. The fraction of sp³-hybridized carbons (Fsp3) is 0.0769. The molecule has 0 aliphatic rings. The van der Waals surface area contributed by atoms with Gasteiger partial charge in [0.05, 0.1) is 16.7 Å². The molecule has 84 valence electrons. The van der Waals surface area contributed by atoms with Crippen LogP contribution in [-0.2, 0) is 7.05 Å². The van der Waals surface area contributed by atoms with Gasteiger partial charge in [-0.25, -0.2) is 0 Å². The van der Waals surface area contributed by atoms with Crippen LogP contribution in [0.15, 0.2) is 35.1 Å². The molecule has 3 aromatic rings. The summed E-state index contributed by atoms with van der Waals surface area (Å²) in [5, 5.41) is 1.50. The quantitative estimate of drug-likeness (QED) is 0.643. The fourth-order valence-corrected chi connectivity index (χ4v) is 2.23. The van der Waals surface area contributed by atoms with Gasteiger partial charge >= 0.3 is 0 Å². The van der Waals surface area contributed by atoms with Gasteiger partial charge in [0.15, 0.2) is 6.29 Å². The van der Waals surface area contributed by atoms with Gasteiger partial charge in [-0.1, -0.05) is 18.2 Å². The summed E-state index contributed by atoms with van der Waals surface area (Å²) >= 11 is 0. The average Bonchev–Trinajstić information content (AvgIpc) is 2.66. The van der Waals surface area contributed by atoms with Crippen molar-refractivity contribution in [1.29, 1.82) is 0 Å². The first-order valence-corrected chi connectivity index (χ1v) is 5.28. The van der Waals surface area contributed by atoms with E-state index in [2.05, 4.69) is 4.98 Å². The summed E-state index contributed by atoms with van der Waals surface area (Å²) in [5.74, 6) is 0. The predicted octanol–water partition coefficient (Wildman–Crippen LogP) is 1.83. The van der Waals surface area contributed by atoms with Crippen molar-refractivity contribution < 1.29 is 4.79 Å². The van der Waals surface area contributed by atoms with Crippen LogP contribution in [0.2, 0.25) is 0 Å². The van der Waals surface area contributed by atoms with Crippen molar-refractivity contribution in [2.45, 2.75) is 0 Å². The molecule has 17 heavy (non-hydrogen) atoms. The first kappa shape index (κ1) is 9.84. The minimum absolute atomic E-state index is 0.129. The second kappa shape index (κ2) is 3.31. The molecule has 3 rings (SSSR count). The van der Waals surface area contributed by atoms with E-state index >= 15 is 0 Å². The summed E-state index contributed by atoms with van der Waals surface area (Å²) in [6.45, 7) is 0. The van der Waals surface area contributed by atoms with E-state index in [1.54, 1.807) is 16.7 Å². The highest BCUT2D eigenvalue weighted by Crippen LogP contribution is 2.22. The number of rotatable bonds is 1. The average molecular weight is 226 g/mol. The monoisotopic (exact) mass is 226 g/mol. The molecule has 1 aromatic carbocycles. The predicted molar refractivity (Wildman–Crippen MR) is 66.4 cm³/mol. The molecule has 2 aromatic heterocycles. The highest BCUT2D eigenvalue weighted by molar-refractivity contribution is 6.05. The van der Waals surface area contributed by atoms with Gasteiger partial charge in [-0.3, -0.25) is 9.59 Å². The molecule has 0 bridgehead atoms. The maximum atomic E-state index is 11.8. The Bertz CT molecular complexity index is 796. The SMILES string of the molecule is Cn1c(C=O)cc2[nH]c(=O)c3ccccc3c21. The highest BCUT2D eigenvalue weighted by Gasteiger charge is 2.10. The van der Waals surface area contributed by atoms with Gasteiger partial charge in [0.2, 0.25) is 0 Å². The Morgan fingerprint density at radius 1 is 1.24 bits per heavy atom. The molecule has 0 aliphatic heterocycles. The van der Waals surface area contributed by atoms with E-state index in [0.717, 1.165) is 17.2 Å². The standard InChI is InChI=1S/C13H10N2O2/c1-15-8(7-16)6-11-12(15)9-4-2-3-5-10(9)13(17)14-11/h2-7H,1H3,(H,14,17). The van der Waals surface area contributed by atoms with E-state index in [0.29, 0.717) is 16.6 Å². The number of aldehydes is 1. The summed E-state index contributed by atoms with van der Waals surface area (Å²) in [5.41, 5.74) is 1.99. The van der Waals surface area contributed by atoms with Crippen LogP contribution in [0, 0.1) is 0 Å². The zero-order valence-electron chi connectivity index (χ0n) is 9.23. The third-order valence-electron chi connectivity index (χ3n) is 3.07. The van der Waals surface area contributed by atoms with Crippen molar-refractivity contribution in [2.75, 3.05) is 0 Å². The number of fused-ring (bicyclic) bond motifs is 3. The van der Waals surface area contributed by atoms with E-state index in [1.807, 2.05) is 25.2 Å². The molecule has 0 spiro atoms. The zero-order chi connectivity index (χ0) is 12.0. The van der Waals surface area contributed by atoms with Crippen LogP contribution in [0.1, 0.15) is 10.5 Å². The molecule has 1 N–H and O–H groups in total. The molecule has 4 nitrogen and oxygen atoms in total. The number of nitrogens with zero attached hydrogens (tertiary/aromatic N) is 1. The van der Waals surface area contributed by atoms with Crippen molar-refractivity contribution in [3.8, 4) is 0 Å². The molecule has 0 amide bonds. The Morgan fingerprint density at radius 2 is 1.94 bits per heavy atom. The van der Waals surface area contributed by atoms with E-state index in [1.165, 1.54) is 0 Å². The number of carbonyl (C=O) groups is 1. The lowest BCUT2D eigenvalue weighted by atomic mass is 10.1. The lowest BCUT2D eigenvalue weighted by molar-refractivity contribution is 0.111. The highest BCUT2D eigenvalue weighted by atomic mass is 16.1. The first-order chi connectivity index (χ1) is 8.22. The van der Waals surface area contributed by atoms with Gasteiger partial charge < -0.3 is 9.55 Å². The number of hydrogen-bond donors (Lipinski definition) is 1. The van der Waals surface area contributed by atoms with E-state index in [9.17, 15) is 9.59 Å². The van der Waals surface area contributed by atoms with Crippen molar-refractivity contribution in [1.82, 2.24) is 9.55 Å². The third-order valence-corrected chi connectivity index (χ3v) is 3.07. The van der Waals surface area contributed by atoms with E-state index in [4.69, 9.17) is 0 Å².